The minimum Gasteiger partial charge on any atom is -0.338 e. The normalized spacial score (nSPS) is 10.9. The fourth-order valence-electron chi connectivity index (χ4n) is 3.40. The van der Waals surface area contributed by atoms with Crippen LogP contribution >= 0.6 is 15.9 Å². The molecule has 0 radical (unpaired) electrons. The number of hydrogen-bond donors (Lipinski definition) is 1. The van der Waals surface area contributed by atoms with Gasteiger partial charge in [-0.1, -0.05) is 76.6 Å². The standard InChI is InChI=1S/C24H17BrN4/c25-19-13-11-17(12-14-19)21-15-16-26-24-22(18-7-3-1-4-8-18)23(28-29(21)24)27-20-9-5-2-6-10-20/h1-16H,(H,27,28). The number of benzene rings is 3. The van der Waals surface area contributed by atoms with E-state index in [1.54, 1.807) is 0 Å². The molecular formula is C24H17BrN4. The lowest BCUT2D eigenvalue weighted by Gasteiger charge is -2.06. The van der Waals surface area contributed by atoms with Crippen molar-refractivity contribution in [3.8, 4) is 22.4 Å². The molecule has 1 N–H and O–H groups in total. The molecule has 0 bridgehead atoms. The predicted molar refractivity (Wildman–Crippen MR) is 121 cm³/mol. The third kappa shape index (κ3) is 3.41. The van der Waals surface area contributed by atoms with Gasteiger partial charge in [0.25, 0.3) is 0 Å². The van der Waals surface area contributed by atoms with Gasteiger partial charge >= 0.3 is 0 Å². The van der Waals surface area contributed by atoms with Gasteiger partial charge in [-0.3, -0.25) is 0 Å². The van der Waals surface area contributed by atoms with Crippen LogP contribution in [0.4, 0.5) is 11.5 Å². The van der Waals surface area contributed by atoms with E-state index < -0.39 is 0 Å². The van der Waals surface area contributed by atoms with E-state index in [1.807, 2.05) is 77.4 Å². The quantitative estimate of drug-likeness (QED) is 0.343. The maximum Gasteiger partial charge on any atom is 0.165 e. The average molecular weight is 441 g/mol. The lowest BCUT2D eigenvalue weighted by Crippen LogP contribution is -1.96. The highest BCUT2D eigenvalue weighted by Crippen LogP contribution is 2.35. The molecule has 0 aliphatic rings. The van der Waals surface area contributed by atoms with Gasteiger partial charge in [0.15, 0.2) is 11.5 Å². The van der Waals surface area contributed by atoms with Crippen molar-refractivity contribution in [1.29, 1.82) is 0 Å². The lowest BCUT2D eigenvalue weighted by molar-refractivity contribution is 0.951. The van der Waals surface area contributed by atoms with Crippen molar-refractivity contribution in [3.63, 3.8) is 0 Å². The number of aromatic nitrogens is 3. The van der Waals surface area contributed by atoms with Crippen LogP contribution in [-0.4, -0.2) is 14.6 Å². The Morgan fingerprint density at radius 2 is 1.41 bits per heavy atom. The summed E-state index contributed by atoms with van der Waals surface area (Å²) in [6, 6.07) is 30.5. The number of rotatable bonds is 4. The second-order valence-corrected chi connectivity index (χ2v) is 7.57. The Hall–Kier alpha value is -3.44. The molecule has 5 heteroatoms. The molecule has 2 aromatic heterocycles. The summed E-state index contributed by atoms with van der Waals surface area (Å²) in [6.07, 6.45) is 1.84. The van der Waals surface area contributed by atoms with E-state index in [2.05, 4.69) is 50.5 Å². The maximum absolute atomic E-state index is 4.91. The summed E-state index contributed by atoms with van der Waals surface area (Å²) >= 11 is 3.51. The van der Waals surface area contributed by atoms with E-state index in [-0.39, 0.29) is 0 Å². The first kappa shape index (κ1) is 17.6. The molecule has 0 saturated heterocycles. The molecule has 3 aromatic carbocycles. The minimum atomic E-state index is 0.777. The Labute approximate surface area is 177 Å². The van der Waals surface area contributed by atoms with Crippen molar-refractivity contribution in [2.75, 3.05) is 5.32 Å². The van der Waals surface area contributed by atoms with Crippen LogP contribution in [0.15, 0.2) is 102 Å². The SMILES string of the molecule is Brc1ccc(-c2ccnc3c(-c4ccccc4)c(Nc4ccccc4)nn23)cc1. The molecule has 0 aliphatic carbocycles. The summed E-state index contributed by atoms with van der Waals surface area (Å²) in [5.41, 5.74) is 5.91. The van der Waals surface area contributed by atoms with Crippen LogP contribution in [0.3, 0.4) is 0 Å². The summed E-state index contributed by atoms with van der Waals surface area (Å²) in [7, 11) is 0. The Kier molecular flexibility index (Phi) is 4.58. The van der Waals surface area contributed by atoms with E-state index in [9.17, 15) is 0 Å². The van der Waals surface area contributed by atoms with Gasteiger partial charge in [-0.05, 0) is 35.9 Å². The fourth-order valence-corrected chi connectivity index (χ4v) is 3.67. The number of fused-ring (bicyclic) bond motifs is 1. The van der Waals surface area contributed by atoms with Crippen molar-refractivity contribution >= 4 is 33.1 Å². The molecule has 0 atom stereocenters. The second-order valence-electron chi connectivity index (χ2n) is 6.65. The molecule has 140 valence electrons. The van der Waals surface area contributed by atoms with Gasteiger partial charge in [0.1, 0.15) is 0 Å². The van der Waals surface area contributed by atoms with E-state index in [0.717, 1.165) is 44.0 Å². The zero-order valence-electron chi connectivity index (χ0n) is 15.5. The van der Waals surface area contributed by atoms with Gasteiger partial charge in [-0.15, -0.1) is 5.10 Å². The second kappa shape index (κ2) is 7.53. The third-order valence-electron chi connectivity index (χ3n) is 4.76. The highest BCUT2D eigenvalue weighted by Gasteiger charge is 2.18. The van der Waals surface area contributed by atoms with E-state index >= 15 is 0 Å². The fraction of sp³-hybridized carbons (Fsp3) is 0. The number of halogens is 1. The Morgan fingerprint density at radius 1 is 0.724 bits per heavy atom. The number of anilines is 2. The van der Waals surface area contributed by atoms with Crippen LogP contribution in [0.1, 0.15) is 0 Å². The highest BCUT2D eigenvalue weighted by molar-refractivity contribution is 9.10. The topological polar surface area (TPSA) is 42.2 Å². The van der Waals surface area contributed by atoms with Gasteiger partial charge in [0.2, 0.25) is 0 Å². The molecule has 0 amide bonds. The van der Waals surface area contributed by atoms with E-state index in [4.69, 9.17) is 5.10 Å². The first-order valence-electron chi connectivity index (χ1n) is 9.31. The van der Waals surface area contributed by atoms with Crippen molar-refractivity contribution in [1.82, 2.24) is 14.6 Å². The average Bonchev–Trinajstić information content (AvgIpc) is 3.13. The van der Waals surface area contributed by atoms with Gasteiger partial charge in [0.05, 0.1) is 11.3 Å². The highest BCUT2D eigenvalue weighted by atomic mass is 79.9. The molecule has 0 fully saturated rings. The van der Waals surface area contributed by atoms with Gasteiger partial charge in [-0.2, -0.15) is 0 Å². The van der Waals surface area contributed by atoms with Crippen molar-refractivity contribution in [2.45, 2.75) is 0 Å². The third-order valence-corrected chi connectivity index (χ3v) is 5.29. The van der Waals surface area contributed by atoms with Gasteiger partial charge in [-0.25, -0.2) is 9.50 Å². The molecule has 5 aromatic rings. The summed E-state index contributed by atoms with van der Waals surface area (Å²) < 4.78 is 2.96. The summed E-state index contributed by atoms with van der Waals surface area (Å²) in [4.78, 5) is 4.67. The molecule has 0 spiro atoms. The van der Waals surface area contributed by atoms with Crippen molar-refractivity contribution in [3.05, 3.63) is 102 Å². The zero-order chi connectivity index (χ0) is 19.6. The number of hydrogen-bond acceptors (Lipinski definition) is 3. The number of para-hydroxylation sites is 1. The molecule has 0 saturated carbocycles. The van der Waals surface area contributed by atoms with Gasteiger partial charge < -0.3 is 5.32 Å². The van der Waals surface area contributed by atoms with Crippen LogP contribution in [0.25, 0.3) is 28.0 Å². The smallest absolute Gasteiger partial charge is 0.165 e. The minimum absolute atomic E-state index is 0.777. The molecule has 29 heavy (non-hydrogen) atoms. The van der Waals surface area contributed by atoms with Crippen LogP contribution < -0.4 is 5.32 Å². The summed E-state index contributed by atoms with van der Waals surface area (Å²) in [5.74, 6) is 0.777. The van der Waals surface area contributed by atoms with Crippen molar-refractivity contribution < 1.29 is 0 Å². The Morgan fingerprint density at radius 3 is 2.14 bits per heavy atom. The van der Waals surface area contributed by atoms with Crippen LogP contribution in [0, 0.1) is 0 Å². The first-order chi connectivity index (χ1) is 14.3. The number of nitrogens with one attached hydrogen (secondary N) is 1. The molecule has 0 unspecified atom stereocenters. The zero-order valence-corrected chi connectivity index (χ0v) is 17.0. The molecule has 0 aliphatic heterocycles. The Bertz CT molecular complexity index is 1260. The summed E-state index contributed by atoms with van der Waals surface area (Å²) in [5, 5.41) is 8.38. The van der Waals surface area contributed by atoms with E-state index in [0.29, 0.717) is 0 Å². The first-order valence-corrected chi connectivity index (χ1v) is 10.1. The van der Waals surface area contributed by atoms with Crippen LogP contribution in [0.2, 0.25) is 0 Å². The summed E-state index contributed by atoms with van der Waals surface area (Å²) in [6.45, 7) is 0. The molecule has 5 rings (SSSR count). The molecule has 2 heterocycles. The molecule has 4 nitrogen and oxygen atoms in total. The van der Waals surface area contributed by atoms with Crippen molar-refractivity contribution in [2.24, 2.45) is 0 Å². The van der Waals surface area contributed by atoms with Gasteiger partial charge in [0, 0.05) is 21.9 Å². The largest absolute Gasteiger partial charge is 0.338 e. The van der Waals surface area contributed by atoms with Crippen LogP contribution in [0.5, 0.6) is 0 Å². The number of nitrogens with zero attached hydrogens (tertiary/aromatic N) is 3. The lowest BCUT2D eigenvalue weighted by atomic mass is 10.1. The monoisotopic (exact) mass is 440 g/mol. The predicted octanol–water partition coefficient (Wildman–Crippen LogP) is 6.57. The molecular weight excluding hydrogens is 424 g/mol. The van der Waals surface area contributed by atoms with E-state index in [1.165, 1.54) is 0 Å². The Balaban J connectivity index is 1.74. The maximum atomic E-state index is 4.91. The van der Waals surface area contributed by atoms with Crippen LogP contribution in [-0.2, 0) is 0 Å².